The van der Waals surface area contributed by atoms with Crippen LogP contribution in [-0.4, -0.2) is 42.4 Å². The Bertz CT molecular complexity index is 1520. The number of aromatic nitrogens is 6. The summed E-state index contributed by atoms with van der Waals surface area (Å²) < 4.78 is 63.6. The van der Waals surface area contributed by atoms with Gasteiger partial charge < -0.3 is 4.74 Å². The van der Waals surface area contributed by atoms with Crippen molar-refractivity contribution in [1.29, 1.82) is 0 Å². The van der Waals surface area contributed by atoms with Crippen LogP contribution < -0.4 is 9.64 Å². The van der Waals surface area contributed by atoms with Crippen LogP contribution in [0.2, 0.25) is 5.02 Å². The molecular weight excluding hydrogens is 530 g/mol. The molecule has 1 aliphatic heterocycles. The highest BCUT2D eigenvalue weighted by atomic mass is 35.5. The Hall–Kier alpha value is -3.87. The molecule has 0 atom stereocenters. The molecule has 0 N–H and O–H groups in total. The number of fused-ring (bicyclic) bond motifs is 1. The van der Waals surface area contributed by atoms with Crippen LogP contribution in [0.1, 0.15) is 37.6 Å². The van der Waals surface area contributed by atoms with E-state index >= 15 is 4.39 Å². The fraction of sp³-hybridized carbons (Fsp3) is 0.333. The average Bonchev–Trinajstić information content (AvgIpc) is 3.57. The van der Waals surface area contributed by atoms with Gasteiger partial charge in [0.05, 0.1) is 31.4 Å². The van der Waals surface area contributed by atoms with Crippen molar-refractivity contribution in [3.63, 3.8) is 0 Å². The van der Waals surface area contributed by atoms with E-state index < -0.39 is 17.7 Å². The first-order chi connectivity index (χ1) is 18.0. The number of nitrogens with zero attached hydrogens (tertiary/aromatic N) is 7. The number of methoxy groups -OCH3 is 1. The summed E-state index contributed by atoms with van der Waals surface area (Å²) in [6.07, 6.45) is -2.99. The third-order valence-electron chi connectivity index (χ3n) is 6.11. The molecule has 9 nitrogen and oxygen atoms in total. The van der Waals surface area contributed by atoms with E-state index in [1.165, 1.54) is 30.3 Å². The Kier molecular flexibility index (Phi) is 6.41. The van der Waals surface area contributed by atoms with Crippen LogP contribution in [0.25, 0.3) is 17.1 Å². The van der Waals surface area contributed by atoms with Crippen molar-refractivity contribution in [1.82, 2.24) is 29.3 Å². The van der Waals surface area contributed by atoms with Crippen molar-refractivity contribution in [3.05, 3.63) is 58.6 Å². The normalized spacial score (nSPS) is 13.9. The molecule has 3 aromatic heterocycles. The smallest absolute Gasteiger partial charge is 0.435 e. The lowest BCUT2D eigenvalue weighted by molar-refractivity contribution is -0.141. The van der Waals surface area contributed by atoms with Gasteiger partial charge in [0.1, 0.15) is 28.7 Å². The molecule has 0 saturated heterocycles. The number of halogens is 5. The molecule has 1 aliphatic rings. The number of ether oxygens (including phenoxy) is 1. The van der Waals surface area contributed by atoms with E-state index in [2.05, 4.69) is 15.3 Å². The van der Waals surface area contributed by atoms with E-state index in [0.29, 0.717) is 40.4 Å². The fourth-order valence-electron chi connectivity index (χ4n) is 4.33. The van der Waals surface area contributed by atoms with Gasteiger partial charge in [0.2, 0.25) is 11.8 Å². The van der Waals surface area contributed by atoms with Gasteiger partial charge in [-0.2, -0.15) is 33.1 Å². The van der Waals surface area contributed by atoms with E-state index in [0.717, 1.165) is 10.7 Å². The summed E-state index contributed by atoms with van der Waals surface area (Å²) in [7, 11) is 1.17. The summed E-state index contributed by atoms with van der Waals surface area (Å²) in [5.74, 6) is -0.771. The third-order valence-corrected chi connectivity index (χ3v) is 6.39. The minimum Gasteiger partial charge on any atom is -0.481 e. The molecule has 0 saturated carbocycles. The number of aryl methyl sites for hydroxylation is 1. The summed E-state index contributed by atoms with van der Waals surface area (Å²) >= 11 is 6.38. The molecule has 4 aromatic rings. The maximum Gasteiger partial charge on any atom is 0.435 e. The number of rotatable bonds is 6. The molecule has 200 valence electrons. The van der Waals surface area contributed by atoms with Gasteiger partial charge in [0.25, 0.3) is 0 Å². The molecule has 38 heavy (non-hydrogen) atoms. The maximum atomic E-state index is 15.1. The van der Waals surface area contributed by atoms with E-state index in [1.807, 2.05) is 13.8 Å². The molecule has 0 bridgehead atoms. The monoisotopic (exact) mass is 551 g/mol. The minimum absolute atomic E-state index is 0.0163. The van der Waals surface area contributed by atoms with Gasteiger partial charge >= 0.3 is 6.18 Å². The summed E-state index contributed by atoms with van der Waals surface area (Å²) in [4.78, 5) is 14.3. The van der Waals surface area contributed by atoms with Gasteiger partial charge in [-0.25, -0.2) is 9.07 Å². The first kappa shape index (κ1) is 25.8. The van der Waals surface area contributed by atoms with Gasteiger partial charge in [-0.1, -0.05) is 17.7 Å². The molecule has 0 unspecified atom stereocenters. The van der Waals surface area contributed by atoms with Crippen LogP contribution in [0.4, 0.5) is 23.4 Å². The Morgan fingerprint density at radius 3 is 2.58 bits per heavy atom. The molecule has 1 aromatic carbocycles. The largest absolute Gasteiger partial charge is 0.481 e. The molecule has 5 rings (SSSR count). The standard InChI is InChI=1S/C24H22ClF4N7O2/c1-13(2)35-23(15(25)11-30-35)17-9-20-33(21(37)6-7-34(20)31-17)12-14-4-5-18(16(26)8-14)36-22(38-3)10-19(32-36)24(27,28)29/h4-5,8-11,13H,6-7,12H2,1-3H3. The topological polar surface area (TPSA) is 83.0 Å². The van der Waals surface area contributed by atoms with E-state index in [-0.39, 0.29) is 36.5 Å². The number of carbonyl (C=O) groups is 1. The summed E-state index contributed by atoms with van der Waals surface area (Å²) in [5.41, 5.74) is 0.152. The molecule has 0 aliphatic carbocycles. The van der Waals surface area contributed by atoms with Gasteiger partial charge in [-0.15, -0.1) is 0 Å². The average molecular weight is 552 g/mol. The van der Waals surface area contributed by atoms with Crippen molar-refractivity contribution in [2.75, 3.05) is 12.0 Å². The Balaban J connectivity index is 1.46. The van der Waals surface area contributed by atoms with Gasteiger partial charge in [-0.3, -0.25) is 14.4 Å². The Morgan fingerprint density at radius 1 is 1.16 bits per heavy atom. The molecule has 0 spiro atoms. The number of hydrogen-bond acceptors (Lipinski definition) is 5. The second-order valence-corrected chi connectivity index (χ2v) is 9.39. The lowest BCUT2D eigenvalue weighted by Gasteiger charge is -2.27. The van der Waals surface area contributed by atoms with Crippen LogP contribution in [0.15, 0.2) is 36.5 Å². The van der Waals surface area contributed by atoms with Gasteiger partial charge in [0.15, 0.2) is 5.69 Å². The van der Waals surface area contributed by atoms with Crippen LogP contribution in [-0.2, 0) is 24.1 Å². The molecule has 14 heteroatoms. The van der Waals surface area contributed by atoms with E-state index in [4.69, 9.17) is 16.3 Å². The van der Waals surface area contributed by atoms with Crippen molar-refractivity contribution in [3.8, 4) is 23.0 Å². The Morgan fingerprint density at radius 2 is 1.92 bits per heavy atom. The van der Waals surface area contributed by atoms with Crippen LogP contribution in [0.5, 0.6) is 5.88 Å². The molecule has 1 amide bonds. The van der Waals surface area contributed by atoms with Crippen molar-refractivity contribution in [2.45, 2.75) is 45.6 Å². The number of benzene rings is 1. The quantitative estimate of drug-likeness (QED) is 0.305. The number of alkyl halides is 3. The number of amides is 1. The first-order valence-electron chi connectivity index (χ1n) is 11.6. The van der Waals surface area contributed by atoms with E-state index in [1.54, 1.807) is 15.4 Å². The van der Waals surface area contributed by atoms with Crippen molar-refractivity contribution < 1.29 is 27.1 Å². The molecular formula is C24H22ClF4N7O2. The zero-order valence-corrected chi connectivity index (χ0v) is 21.3. The lowest BCUT2D eigenvalue weighted by Crippen LogP contribution is -2.36. The number of carbonyl (C=O) groups excluding carboxylic acids is 1. The fourth-order valence-corrected chi connectivity index (χ4v) is 4.56. The molecule has 0 radical (unpaired) electrons. The van der Waals surface area contributed by atoms with Crippen LogP contribution >= 0.6 is 11.6 Å². The summed E-state index contributed by atoms with van der Waals surface area (Å²) in [6.45, 7) is 4.30. The first-order valence-corrected chi connectivity index (χ1v) is 12.0. The lowest BCUT2D eigenvalue weighted by atomic mass is 10.1. The highest BCUT2D eigenvalue weighted by molar-refractivity contribution is 6.33. The maximum absolute atomic E-state index is 15.1. The molecule has 4 heterocycles. The predicted octanol–water partition coefficient (Wildman–Crippen LogP) is 5.27. The van der Waals surface area contributed by atoms with Crippen LogP contribution in [0, 0.1) is 5.82 Å². The second kappa shape index (κ2) is 9.46. The van der Waals surface area contributed by atoms with E-state index in [9.17, 15) is 18.0 Å². The third kappa shape index (κ3) is 4.51. The number of anilines is 1. The van der Waals surface area contributed by atoms with Crippen molar-refractivity contribution in [2.24, 2.45) is 0 Å². The molecule has 0 fully saturated rings. The number of hydrogen-bond donors (Lipinski definition) is 0. The second-order valence-electron chi connectivity index (χ2n) is 8.99. The van der Waals surface area contributed by atoms with Crippen molar-refractivity contribution >= 4 is 23.3 Å². The zero-order chi connectivity index (χ0) is 27.4. The summed E-state index contributed by atoms with van der Waals surface area (Å²) in [5, 5.41) is 12.8. The predicted molar refractivity (Wildman–Crippen MR) is 130 cm³/mol. The SMILES string of the molecule is COc1cc(C(F)(F)F)nn1-c1ccc(CN2C(=O)CCn3nc(-c4c(Cl)cnn4C(C)C)cc32)cc1F. The highest BCUT2D eigenvalue weighted by Crippen LogP contribution is 2.35. The zero-order valence-electron chi connectivity index (χ0n) is 20.5. The van der Waals surface area contributed by atoms with Crippen LogP contribution in [0.3, 0.4) is 0 Å². The Labute approximate surface area is 219 Å². The van der Waals surface area contributed by atoms with Gasteiger partial charge in [-0.05, 0) is 31.5 Å². The highest BCUT2D eigenvalue weighted by Gasteiger charge is 2.36. The summed E-state index contributed by atoms with van der Waals surface area (Å²) in [6, 6.07) is 6.40. The minimum atomic E-state index is -4.72. The van der Waals surface area contributed by atoms with Gasteiger partial charge in [0, 0.05) is 24.6 Å².